The molecule has 2 aliphatic carbocycles. The summed E-state index contributed by atoms with van der Waals surface area (Å²) in [7, 11) is 0. The molecule has 2 aliphatic rings. The summed E-state index contributed by atoms with van der Waals surface area (Å²) in [5.74, 6) is 0.955. The van der Waals surface area contributed by atoms with Crippen molar-refractivity contribution >= 4 is 0 Å². The van der Waals surface area contributed by atoms with Crippen molar-refractivity contribution in [2.24, 2.45) is 5.92 Å². The zero-order valence-electron chi connectivity index (χ0n) is 9.43. The van der Waals surface area contributed by atoms with Gasteiger partial charge in [0.25, 0.3) is 0 Å². The predicted molar refractivity (Wildman–Crippen MR) is 62.4 cm³/mol. The van der Waals surface area contributed by atoms with Crippen LogP contribution in [0, 0.1) is 5.92 Å². The average Bonchev–Trinajstić information content (AvgIpc) is 2.48. The van der Waals surface area contributed by atoms with Crippen molar-refractivity contribution < 1.29 is 0 Å². The Hall–Kier alpha value is -0.260. The largest absolute Gasteiger partial charge is 0.0822 e. The van der Waals surface area contributed by atoms with Gasteiger partial charge in [0.15, 0.2) is 0 Å². The summed E-state index contributed by atoms with van der Waals surface area (Å²) < 4.78 is 0. The Morgan fingerprint density at radius 3 is 1.93 bits per heavy atom. The van der Waals surface area contributed by atoms with Crippen molar-refractivity contribution in [3.8, 4) is 0 Å². The molecule has 14 heavy (non-hydrogen) atoms. The number of hydrogen-bond acceptors (Lipinski definition) is 0. The molecule has 0 atom stereocenters. The minimum absolute atomic E-state index is 0.955. The van der Waals surface area contributed by atoms with Gasteiger partial charge in [0.2, 0.25) is 0 Å². The highest BCUT2D eigenvalue weighted by atomic mass is 14.2. The van der Waals surface area contributed by atoms with E-state index < -0.39 is 0 Å². The number of allylic oxidation sites excluding steroid dienone is 2. The standard InChI is InChI=1S/C14H24/c1-2-5-9-13(8-4-1)12-14-10-6-3-7-11-14/h12,14H,1-11H2. The smallest absolute Gasteiger partial charge is 0.0231 e. The second kappa shape index (κ2) is 5.58. The second-order valence-corrected chi connectivity index (χ2v) is 5.14. The van der Waals surface area contributed by atoms with Gasteiger partial charge in [0, 0.05) is 0 Å². The number of hydrogen-bond donors (Lipinski definition) is 0. The Balaban J connectivity index is 1.86. The van der Waals surface area contributed by atoms with Gasteiger partial charge in [-0.1, -0.05) is 43.8 Å². The first-order valence-electron chi connectivity index (χ1n) is 6.65. The first-order valence-corrected chi connectivity index (χ1v) is 6.65. The zero-order valence-corrected chi connectivity index (χ0v) is 9.43. The van der Waals surface area contributed by atoms with Crippen LogP contribution >= 0.6 is 0 Å². The summed E-state index contributed by atoms with van der Waals surface area (Å²) >= 11 is 0. The van der Waals surface area contributed by atoms with Gasteiger partial charge in [-0.3, -0.25) is 0 Å². The lowest BCUT2D eigenvalue weighted by molar-refractivity contribution is 0.416. The lowest BCUT2D eigenvalue weighted by Gasteiger charge is -2.19. The zero-order chi connectivity index (χ0) is 9.64. The molecule has 0 unspecified atom stereocenters. The van der Waals surface area contributed by atoms with E-state index in [1.807, 2.05) is 0 Å². The SMILES string of the molecule is C(=C1CCCCCC1)C1CCCCC1. The minimum Gasteiger partial charge on any atom is -0.0822 e. The van der Waals surface area contributed by atoms with Gasteiger partial charge in [-0.15, -0.1) is 0 Å². The molecule has 0 saturated heterocycles. The van der Waals surface area contributed by atoms with Crippen LogP contribution in [-0.4, -0.2) is 0 Å². The summed E-state index contributed by atoms with van der Waals surface area (Å²) in [5.41, 5.74) is 1.80. The van der Waals surface area contributed by atoms with Gasteiger partial charge in [0.1, 0.15) is 0 Å². The predicted octanol–water partition coefficient (Wildman–Crippen LogP) is 4.85. The first-order chi connectivity index (χ1) is 6.95. The van der Waals surface area contributed by atoms with Gasteiger partial charge < -0.3 is 0 Å². The summed E-state index contributed by atoms with van der Waals surface area (Å²) in [4.78, 5) is 0. The van der Waals surface area contributed by atoms with E-state index in [0.717, 1.165) is 5.92 Å². The molecule has 0 aliphatic heterocycles. The van der Waals surface area contributed by atoms with Crippen LogP contribution in [0.25, 0.3) is 0 Å². The van der Waals surface area contributed by atoms with Gasteiger partial charge in [0.05, 0.1) is 0 Å². The third-order valence-electron chi connectivity index (χ3n) is 3.87. The highest BCUT2D eigenvalue weighted by Crippen LogP contribution is 2.29. The molecule has 0 aromatic rings. The molecular formula is C14H24. The van der Waals surface area contributed by atoms with E-state index in [1.165, 1.54) is 70.6 Å². The highest BCUT2D eigenvalue weighted by molar-refractivity contribution is 5.06. The van der Waals surface area contributed by atoms with E-state index in [1.54, 1.807) is 5.57 Å². The molecule has 2 saturated carbocycles. The van der Waals surface area contributed by atoms with Crippen LogP contribution in [0.1, 0.15) is 70.6 Å². The molecule has 0 spiro atoms. The molecule has 0 aromatic carbocycles. The van der Waals surface area contributed by atoms with Crippen molar-refractivity contribution in [1.82, 2.24) is 0 Å². The molecule has 2 fully saturated rings. The van der Waals surface area contributed by atoms with Crippen LogP contribution in [-0.2, 0) is 0 Å². The van der Waals surface area contributed by atoms with Crippen molar-refractivity contribution in [3.05, 3.63) is 11.6 Å². The maximum Gasteiger partial charge on any atom is -0.0231 e. The van der Waals surface area contributed by atoms with Crippen molar-refractivity contribution in [2.75, 3.05) is 0 Å². The molecule has 0 radical (unpaired) electrons. The average molecular weight is 192 g/mol. The monoisotopic (exact) mass is 192 g/mol. The van der Waals surface area contributed by atoms with E-state index in [0.29, 0.717) is 0 Å². The summed E-state index contributed by atoms with van der Waals surface area (Å²) in [6.45, 7) is 0. The quantitative estimate of drug-likeness (QED) is 0.411. The van der Waals surface area contributed by atoms with Crippen LogP contribution in [0.5, 0.6) is 0 Å². The van der Waals surface area contributed by atoms with Crippen LogP contribution in [0.4, 0.5) is 0 Å². The third kappa shape index (κ3) is 3.15. The molecule has 0 N–H and O–H groups in total. The van der Waals surface area contributed by atoms with Gasteiger partial charge in [-0.2, -0.15) is 0 Å². The van der Waals surface area contributed by atoms with Crippen LogP contribution in [0.3, 0.4) is 0 Å². The fourth-order valence-corrected chi connectivity index (χ4v) is 2.98. The normalized spacial score (nSPS) is 25.9. The highest BCUT2D eigenvalue weighted by Gasteiger charge is 2.12. The molecule has 0 heterocycles. The topological polar surface area (TPSA) is 0 Å². The van der Waals surface area contributed by atoms with E-state index in [9.17, 15) is 0 Å². The van der Waals surface area contributed by atoms with E-state index in [2.05, 4.69) is 6.08 Å². The van der Waals surface area contributed by atoms with Gasteiger partial charge in [-0.05, 0) is 44.4 Å². The maximum atomic E-state index is 2.66. The minimum atomic E-state index is 0.955. The van der Waals surface area contributed by atoms with Crippen molar-refractivity contribution in [1.29, 1.82) is 0 Å². The Bertz CT molecular complexity index is 174. The Labute approximate surface area is 88.8 Å². The van der Waals surface area contributed by atoms with Crippen LogP contribution in [0.15, 0.2) is 11.6 Å². The molecule has 0 nitrogen and oxygen atoms in total. The molecular weight excluding hydrogens is 168 g/mol. The van der Waals surface area contributed by atoms with Crippen molar-refractivity contribution in [3.63, 3.8) is 0 Å². The Morgan fingerprint density at radius 2 is 1.29 bits per heavy atom. The molecule has 80 valence electrons. The van der Waals surface area contributed by atoms with Crippen molar-refractivity contribution in [2.45, 2.75) is 70.6 Å². The van der Waals surface area contributed by atoms with E-state index in [-0.39, 0.29) is 0 Å². The summed E-state index contributed by atoms with van der Waals surface area (Å²) in [6.07, 6.45) is 18.7. The molecule has 0 aromatic heterocycles. The molecule has 0 amide bonds. The molecule has 2 rings (SSSR count). The third-order valence-corrected chi connectivity index (χ3v) is 3.87. The van der Waals surface area contributed by atoms with Crippen LogP contribution < -0.4 is 0 Å². The second-order valence-electron chi connectivity index (χ2n) is 5.14. The summed E-state index contributed by atoms with van der Waals surface area (Å²) in [5, 5.41) is 0. The molecule has 0 bridgehead atoms. The van der Waals surface area contributed by atoms with Crippen LogP contribution in [0.2, 0.25) is 0 Å². The first kappa shape index (κ1) is 10.3. The molecule has 0 heteroatoms. The van der Waals surface area contributed by atoms with Gasteiger partial charge in [-0.25, -0.2) is 0 Å². The van der Waals surface area contributed by atoms with E-state index in [4.69, 9.17) is 0 Å². The maximum absolute atomic E-state index is 2.66. The lowest BCUT2D eigenvalue weighted by Crippen LogP contribution is -2.03. The van der Waals surface area contributed by atoms with E-state index >= 15 is 0 Å². The Kier molecular flexibility index (Phi) is 4.09. The fraction of sp³-hybridized carbons (Fsp3) is 0.857. The number of rotatable bonds is 1. The Morgan fingerprint density at radius 1 is 0.714 bits per heavy atom. The van der Waals surface area contributed by atoms with Gasteiger partial charge >= 0.3 is 0 Å². The fourth-order valence-electron chi connectivity index (χ4n) is 2.98. The summed E-state index contributed by atoms with van der Waals surface area (Å²) in [6, 6.07) is 0. The lowest BCUT2D eigenvalue weighted by atomic mass is 9.87.